The quantitative estimate of drug-likeness (QED) is 0.685. The van der Waals surface area contributed by atoms with Gasteiger partial charge in [-0.3, -0.25) is 0 Å². The molecular weight excluding hydrogens is 230 g/mol. The molecule has 6 heteroatoms. The number of nitrogens with zero attached hydrogens (tertiary/aromatic N) is 1. The van der Waals surface area contributed by atoms with Gasteiger partial charge in [0, 0.05) is 26.3 Å². The van der Waals surface area contributed by atoms with Crippen molar-refractivity contribution in [2.75, 3.05) is 32.6 Å². The molecule has 1 aliphatic rings. The molecule has 0 aromatic rings. The van der Waals surface area contributed by atoms with Crippen LogP contribution in [0.4, 0.5) is 0 Å². The van der Waals surface area contributed by atoms with Gasteiger partial charge in [0.05, 0.1) is 12.4 Å². The molecule has 1 N–H and O–H groups in total. The van der Waals surface area contributed by atoms with Crippen LogP contribution >= 0.6 is 0 Å². The summed E-state index contributed by atoms with van der Waals surface area (Å²) in [4.78, 5) is 0. The average molecular weight is 251 g/mol. The van der Waals surface area contributed by atoms with Gasteiger partial charge in [-0.1, -0.05) is 6.42 Å². The van der Waals surface area contributed by atoms with E-state index in [0.29, 0.717) is 19.6 Å². The van der Waals surface area contributed by atoms with Gasteiger partial charge < -0.3 is 9.84 Å². The zero-order valence-corrected chi connectivity index (χ0v) is 10.6. The van der Waals surface area contributed by atoms with E-state index in [4.69, 9.17) is 9.84 Å². The van der Waals surface area contributed by atoms with Gasteiger partial charge in [0.2, 0.25) is 10.0 Å². The molecular formula is C10H21NO4S. The molecule has 0 aromatic heterocycles. The molecule has 0 aromatic carbocycles. The zero-order valence-electron chi connectivity index (χ0n) is 9.76. The lowest BCUT2D eigenvalue weighted by Gasteiger charge is -2.33. The Hall–Kier alpha value is -0.170. The Labute approximate surface area is 97.4 Å². The lowest BCUT2D eigenvalue weighted by Crippen LogP contribution is -2.46. The Morgan fingerprint density at radius 3 is 2.81 bits per heavy atom. The highest BCUT2D eigenvalue weighted by Crippen LogP contribution is 2.20. The van der Waals surface area contributed by atoms with Crippen molar-refractivity contribution in [3.05, 3.63) is 0 Å². The van der Waals surface area contributed by atoms with E-state index in [9.17, 15) is 8.42 Å². The maximum Gasteiger partial charge on any atom is 0.214 e. The minimum absolute atomic E-state index is 0.0799. The van der Waals surface area contributed by atoms with Gasteiger partial charge in [-0.15, -0.1) is 0 Å². The molecule has 1 saturated heterocycles. The number of aliphatic hydroxyl groups excluding tert-OH is 1. The van der Waals surface area contributed by atoms with Crippen molar-refractivity contribution < 1.29 is 18.3 Å². The van der Waals surface area contributed by atoms with E-state index in [1.54, 1.807) is 7.11 Å². The Morgan fingerprint density at radius 2 is 2.19 bits per heavy atom. The Balaban J connectivity index is 2.57. The van der Waals surface area contributed by atoms with Crippen molar-refractivity contribution in [3.63, 3.8) is 0 Å². The third-order valence-electron chi connectivity index (χ3n) is 2.89. The summed E-state index contributed by atoms with van der Waals surface area (Å²) in [5.74, 6) is 0.108. The maximum atomic E-state index is 12.0. The number of piperidine rings is 1. The van der Waals surface area contributed by atoms with Gasteiger partial charge in [-0.25, -0.2) is 8.42 Å². The monoisotopic (exact) mass is 251 g/mol. The van der Waals surface area contributed by atoms with Crippen molar-refractivity contribution in [2.24, 2.45) is 0 Å². The predicted octanol–water partition coefficient (Wildman–Crippen LogP) is 0.199. The highest BCUT2D eigenvalue weighted by Gasteiger charge is 2.31. The first-order valence-electron chi connectivity index (χ1n) is 5.71. The molecule has 96 valence electrons. The molecule has 1 aliphatic heterocycles. The topological polar surface area (TPSA) is 66.8 Å². The highest BCUT2D eigenvalue weighted by molar-refractivity contribution is 7.89. The number of hydrogen-bond acceptors (Lipinski definition) is 4. The molecule has 5 nitrogen and oxygen atoms in total. The van der Waals surface area contributed by atoms with E-state index in [0.717, 1.165) is 19.3 Å². The SMILES string of the molecule is COCCCS(=O)(=O)N1CCCCC1CO. The van der Waals surface area contributed by atoms with Gasteiger partial charge in [-0.05, 0) is 19.3 Å². The first-order valence-corrected chi connectivity index (χ1v) is 7.32. The van der Waals surface area contributed by atoms with Crippen LogP contribution in [0.1, 0.15) is 25.7 Å². The molecule has 0 aliphatic carbocycles. The van der Waals surface area contributed by atoms with E-state index < -0.39 is 10.0 Å². The average Bonchev–Trinajstić information content (AvgIpc) is 2.29. The van der Waals surface area contributed by atoms with Gasteiger partial charge >= 0.3 is 0 Å². The summed E-state index contributed by atoms with van der Waals surface area (Å²) in [7, 11) is -1.66. The van der Waals surface area contributed by atoms with Crippen LogP contribution in [0.2, 0.25) is 0 Å². The molecule has 1 fully saturated rings. The first kappa shape index (κ1) is 13.9. The third-order valence-corrected chi connectivity index (χ3v) is 4.89. The Kier molecular flexibility index (Phi) is 5.68. The maximum absolute atomic E-state index is 12.0. The van der Waals surface area contributed by atoms with Gasteiger partial charge in [-0.2, -0.15) is 4.31 Å². The Bertz CT molecular complexity index is 291. The molecule has 1 unspecified atom stereocenters. The number of hydrogen-bond donors (Lipinski definition) is 1. The lowest BCUT2D eigenvalue weighted by atomic mass is 10.1. The third kappa shape index (κ3) is 3.69. The minimum atomic E-state index is -3.22. The number of rotatable bonds is 6. The second kappa shape index (κ2) is 6.54. The summed E-state index contributed by atoms with van der Waals surface area (Å²) in [6.45, 7) is 0.918. The van der Waals surface area contributed by atoms with Crippen LogP contribution < -0.4 is 0 Å². The highest BCUT2D eigenvalue weighted by atomic mass is 32.2. The van der Waals surface area contributed by atoms with Crippen LogP contribution in [0.15, 0.2) is 0 Å². The fourth-order valence-corrected chi connectivity index (χ4v) is 3.78. The smallest absolute Gasteiger partial charge is 0.214 e. The number of aliphatic hydroxyl groups is 1. The van der Waals surface area contributed by atoms with Crippen molar-refractivity contribution in [1.82, 2.24) is 4.31 Å². The summed E-state index contributed by atoms with van der Waals surface area (Å²) in [6.07, 6.45) is 3.16. The number of sulfonamides is 1. The largest absolute Gasteiger partial charge is 0.395 e. The molecule has 0 bridgehead atoms. The second-order valence-electron chi connectivity index (χ2n) is 4.11. The Morgan fingerprint density at radius 1 is 1.44 bits per heavy atom. The fourth-order valence-electron chi connectivity index (χ4n) is 2.03. The van der Waals surface area contributed by atoms with Gasteiger partial charge in [0.1, 0.15) is 0 Å². The first-order chi connectivity index (χ1) is 7.61. The van der Waals surface area contributed by atoms with E-state index in [-0.39, 0.29) is 18.4 Å². The second-order valence-corrected chi connectivity index (χ2v) is 6.15. The van der Waals surface area contributed by atoms with Crippen molar-refractivity contribution in [2.45, 2.75) is 31.7 Å². The summed E-state index contributed by atoms with van der Waals surface area (Å²) in [5, 5.41) is 9.17. The zero-order chi connectivity index (χ0) is 12.0. The standard InChI is InChI=1S/C10H21NO4S/c1-15-7-4-8-16(13,14)11-6-3-2-5-10(11)9-12/h10,12H,2-9H2,1H3. The summed E-state index contributed by atoms with van der Waals surface area (Å²) < 4.78 is 30.3. The van der Waals surface area contributed by atoms with E-state index in [1.807, 2.05) is 0 Å². The minimum Gasteiger partial charge on any atom is -0.395 e. The van der Waals surface area contributed by atoms with Gasteiger partial charge in [0.25, 0.3) is 0 Å². The van der Waals surface area contributed by atoms with Crippen LogP contribution in [0.3, 0.4) is 0 Å². The van der Waals surface area contributed by atoms with E-state index in [2.05, 4.69) is 0 Å². The molecule has 16 heavy (non-hydrogen) atoms. The van der Waals surface area contributed by atoms with Crippen molar-refractivity contribution in [1.29, 1.82) is 0 Å². The molecule has 0 radical (unpaired) electrons. The lowest BCUT2D eigenvalue weighted by molar-refractivity contribution is 0.154. The van der Waals surface area contributed by atoms with Crippen LogP contribution in [0, 0.1) is 0 Å². The van der Waals surface area contributed by atoms with Crippen LogP contribution in [0.25, 0.3) is 0 Å². The number of ether oxygens (including phenoxy) is 1. The molecule has 1 rings (SSSR count). The van der Waals surface area contributed by atoms with Crippen molar-refractivity contribution in [3.8, 4) is 0 Å². The molecule has 0 saturated carbocycles. The van der Waals surface area contributed by atoms with Crippen molar-refractivity contribution >= 4 is 10.0 Å². The summed E-state index contributed by atoms with van der Waals surface area (Å²) in [5.41, 5.74) is 0. The van der Waals surface area contributed by atoms with E-state index >= 15 is 0 Å². The fraction of sp³-hybridized carbons (Fsp3) is 1.00. The van der Waals surface area contributed by atoms with Crippen LogP contribution in [-0.2, 0) is 14.8 Å². The normalized spacial score (nSPS) is 23.5. The molecule has 1 atom stereocenters. The molecule has 0 spiro atoms. The van der Waals surface area contributed by atoms with Gasteiger partial charge in [0.15, 0.2) is 0 Å². The predicted molar refractivity (Wildman–Crippen MR) is 61.7 cm³/mol. The summed E-state index contributed by atoms with van der Waals surface area (Å²) in [6, 6.07) is -0.221. The summed E-state index contributed by atoms with van der Waals surface area (Å²) >= 11 is 0. The molecule has 1 heterocycles. The van der Waals surface area contributed by atoms with E-state index in [1.165, 1.54) is 4.31 Å². The number of methoxy groups -OCH3 is 1. The van der Waals surface area contributed by atoms with Crippen LogP contribution in [-0.4, -0.2) is 56.5 Å². The van der Waals surface area contributed by atoms with Crippen LogP contribution in [0.5, 0.6) is 0 Å². The molecule has 0 amide bonds.